The lowest BCUT2D eigenvalue weighted by molar-refractivity contribution is -0.157. The van der Waals surface area contributed by atoms with E-state index in [2.05, 4.69) is 37.6 Å². The SMILES string of the molecule is C=CCn1nnnc1SCC1(C(=O)O)CS[C@@H]2C(NC(=O)C(=NOC3CCCC3)c3csc(N)n3)C(=O)N2C1. The molecule has 0 radical (unpaired) electrons. The van der Waals surface area contributed by atoms with E-state index in [0.29, 0.717) is 11.7 Å². The molecule has 2 saturated heterocycles. The second-order valence-electron chi connectivity index (χ2n) is 9.45. The zero-order chi connectivity index (χ0) is 27.6. The van der Waals surface area contributed by atoms with Gasteiger partial charge in [0.2, 0.25) is 11.1 Å². The molecule has 2 unspecified atom stereocenters. The molecule has 4 N–H and O–H groups in total. The highest BCUT2D eigenvalue weighted by molar-refractivity contribution is 8.00. The summed E-state index contributed by atoms with van der Waals surface area (Å²) in [6, 6.07) is -0.825. The van der Waals surface area contributed by atoms with Crippen molar-refractivity contribution in [3.8, 4) is 0 Å². The number of nitrogens with two attached hydrogens (primary N) is 1. The molecule has 0 bridgehead atoms. The van der Waals surface area contributed by atoms with Crippen molar-refractivity contribution < 1.29 is 24.3 Å². The maximum atomic E-state index is 13.2. The summed E-state index contributed by atoms with van der Waals surface area (Å²) in [5, 5.41) is 30.4. The van der Waals surface area contributed by atoms with E-state index < -0.39 is 28.7 Å². The highest BCUT2D eigenvalue weighted by atomic mass is 32.2. The van der Waals surface area contributed by atoms with E-state index in [9.17, 15) is 19.5 Å². The molecule has 0 spiro atoms. The minimum Gasteiger partial charge on any atom is -0.481 e. The van der Waals surface area contributed by atoms with Gasteiger partial charge >= 0.3 is 5.97 Å². The number of anilines is 1. The molecular weight excluding hydrogens is 567 g/mol. The van der Waals surface area contributed by atoms with Gasteiger partial charge in [0.1, 0.15) is 28.6 Å². The van der Waals surface area contributed by atoms with Crippen molar-refractivity contribution in [2.45, 2.75) is 54.9 Å². The Kier molecular flexibility index (Phi) is 8.08. The van der Waals surface area contributed by atoms with Crippen LogP contribution in [0.25, 0.3) is 0 Å². The molecule has 14 nitrogen and oxygen atoms in total. The van der Waals surface area contributed by atoms with Crippen molar-refractivity contribution in [2.75, 3.05) is 23.8 Å². The van der Waals surface area contributed by atoms with Crippen molar-refractivity contribution in [1.82, 2.24) is 35.4 Å². The van der Waals surface area contributed by atoms with Gasteiger partial charge in [0.15, 0.2) is 10.8 Å². The third-order valence-corrected chi connectivity index (χ3v) is 10.2. The Hall–Kier alpha value is -3.18. The second-order valence-corrected chi connectivity index (χ2v) is 12.4. The number of hydrogen-bond donors (Lipinski definition) is 3. The number of aliphatic carboxylic acids is 1. The summed E-state index contributed by atoms with van der Waals surface area (Å²) in [6.45, 7) is 4.07. The minimum atomic E-state index is -1.21. The molecule has 2 amide bonds. The molecule has 5 rings (SSSR count). The smallest absolute Gasteiger partial charge is 0.313 e. The van der Waals surface area contributed by atoms with Crippen LogP contribution in [0.5, 0.6) is 0 Å². The Morgan fingerprint density at radius 1 is 1.41 bits per heavy atom. The van der Waals surface area contributed by atoms with Gasteiger partial charge < -0.3 is 25.9 Å². The fraction of sp³-hybridized carbons (Fsp3) is 0.545. The Morgan fingerprint density at radius 3 is 2.90 bits per heavy atom. The topological polar surface area (TPSA) is 191 Å². The van der Waals surface area contributed by atoms with E-state index in [0.717, 1.165) is 25.7 Å². The van der Waals surface area contributed by atoms with Gasteiger partial charge in [0.25, 0.3) is 5.91 Å². The number of nitrogens with zero attached hydrogens (tertiary/aromatic N) is 7. The number of thiazole rings is 1. The second kappa shape index (κ2) is 11.5. The highest BCUT2D eigenvalue weighted by Gasteiger charge is 2.57. The average Bonchev–Trinajstić information content (AvgIpc) is 3.69. The monoisotopic (exact) mass is 593 g/mol. The number of carboxylic acids is 1. The summed E-state index contributed by atoms with van der Waals surface area (Å²) in [5.74, 6) is -1.56. The Morgan fingerprint density at radius 2 is 2.21 bits per heavy atom. The van der Waals surface area contributed by atoms with Gasteiger partial charge in [0, 0.05) is 23.4 Å². The number of thioether (sulfide) groups is 2. The first-order valence-corrected chi connectivity index (χ1v) is 15.1. The predicted molar refractivity (Wildman–Crippen MR) is 145 cm³/mol. The predicted octanol–water partition coefficient (Wildman–Crippen LogP) is 0.824. The molecule has 1 saturated carbocycles. The number of carbonyl (C=O) groups excluding carboxylic acids is 2. The van der Waals surface area contributed by atoms with Gasteiger partial charge in [0.05, 0.1) is 6.54 Å². The number of nitrogens with one attached hydrogen (secondary N) is 1. The lowest BCUT2D eigenvalue weighted by Crippen LogP contribution is -2.74. The number of allylic oxidation sites excluding steroid dienone is 1. The third-order valence-electron chi connectivity index (χ3n) is 6.74. The van der Waals surface area contributed by atoms with Gasteiger partial charge in [-0.05, 0) is 36.1 Å². The largest absolute Gasteiger partial charge is 0.481 e. The number of fused-ring (bicyclic) bond motifs is 1. The first-order valence-electron chi connectivity index (χ1n) is 12.2. The number of nitrogen functional groups attached to an aromatic ring is 1. The number of oxime groups is 1. The van der Waals surface area contributed by atoms with E-state index in [1.807, 2.05) is 0 Å². The van der Waals surface area contributed by atoms with E-state index in [1.165, 1.54) is 44.4 Å². The lowest BCUT2D eigenvalue weighted by Gasteiger charge is -2.53. The normalized spacial score (nSPS) is 25.2. The van der Waals surface area contributed by atoms with Crippen LogP contribution in [0.2, 0.25) is 0 Å². The molecule has 17 heteroatoms. The van der Waals surface area contributed by atoms with Crippen LogP contribution < -0.4 is 11.1 Å². The molecule has 1 aliphatic carbocycles. The van der Waals surface area contributed by atoms with E-state index >= 15 is 0 Å². The van der Waals surface area contributed by atoms with Crippen LogP contribution in [0.3, 0.4) is 0 Å². The van der Waals surface area contributed by atoms with E-state index in [1.54, 1.807) is 11.5 Å². The van der Waals surface area contributed by atoms with Crippen LogP contribution in [-0.4, -0.2) is 94.3 Å². The number of aromatic nitrogens is 5. The van der Waals surface area contributed by atoms with Crippen LogP contribution in [0.4, 0.5) is 5.13 Å². The first-order chi connectivity index (χ1) is 18.8. The molecule has 3 fully saturated rings. The molecule has 3 aliphatic rings. The summed E-state index contributed by atoms with van der Waals surface area (Å²) in [4.78, 5) is 50.0. The molecular formula is C22H27N9O5S3. The average molecular weight is 594 g/mol. The highest BCUT2D eigenvalue weighted by Crippen LogP contribution is 2.44. The number of carbonyl (C=O) groups is 3. The van der Waals surface area contributed by atoms with Gasteiger partial charge in [-0.25, -0.2) is 9.67 Å². The molecule has 4 heterocycles. The fourth-order valence-corrected chi connectivity index (χ4v) is 7.87. The summed E-state index contributed by atoms with van der Waals surface area (Å²) in [5.41, 5.74) is 4.78. The third kappa shape index (κ3) is 5.60. The number of β-lactam (4-membered cyclic amide) rings is 1. The standard InChI is InChI=1S/C22H27N9O5S3/c1-2-7-31-21(26-28-29-31)39-11-22(19(34)35)9-30-17(33)15(18(30)38-10-22)25-16(32)14(13-8-37-20(23)24-13)27-36-12-5-3-4-6-12/h2,8,12,15,18H,1,3-7,9-11H2,(H2,23,24)(H,25,32)(H,34,35)/t15?,18-,22?/m1/s1. The molecule has 208 valence electrons. The van der Waals surface area contributed by atoms with Gasteiger partial charge in [-0.15, -0.1) is 34.8 Å². The van der Waals surface area contributed by atoms with Crippen molar-refractivity contribution in [1.29, 1.82) is 0 Å². The summed E-state index contributed by atoms with van der Waals surface area (Å²) in [7, 11) is 0. The van der Waals surface area contributed by atoms with Crippen molar-refractivity contribution >= 4 is 63.5 Å². The lowest BCUT2D eigenvalue weighted by atomic mass is 9.89. The molecule has 39 heavy (non-hydrogen) atoms. The van der Waals surface area contributed by atoms with Crippen LogP contribution in [0.1, 0.15) is 31.4 Å². The van der Waals surface area contributed by atoms with E-state index in [4.69, 9.17) is 10.6 Å². The van der Waals surface area contributed by atoms with Crippen LogP contribution >= 0.6 is 34.9 Å². The number of carboxylic acid groups (broad SMARTS) is 1. The number of amides is 2. The maximum absolute atomic E-state index is 13.2. The summed E-state index contributed by atoms with van der Waals surface area (Å²) >= 11 is 3.70. The van der Waals surface area contributed by atoms with Crippen LogP contribution in [0.15, 0.2) is 28.3 Å². The van der Waals surface area contributed by atoms with Gasteiger partial charge in [-0.2, -0.15) is 0 Å². The van der Waals surface area contributed by atoms with Crippen LogP contribution in [0, 0.1) is 5.41 Å². The molecule has 2 aromatic rings. The first kappa shape index (κ1) is 27.4. The van der Waals surface area contributed by atoms with E-state index in [-0.39, 0.29) is 46.6 Å². The summed E-state index contributed by atoms with van der Waals surface area (Å²) in [6.07, 6.45) is 5.37. The van der Waals surface area contributed by atoms with Gasteiger partial charge in [-0.1, -0.05) is 23.0 Å². The maximum Gasteiger partial charge on any atom is 0.313 e. The number of rotatable bonds is 11. The molecule has 3 atom stereocenters. The zero-order valence-corrected chi connectivity index (χ0v) is 23.2. The minimum absolute atomic E-state index is 0.00951. The van der Waals surface area contributed by atoms with Crippen molar-refractivity contribution in [3.05, 3.63) is 23.7 Å². The van der Waals surface area contributed by atoms with Crippen molar-refractivity contribution in [2.24, 2.45) is 10.6 Å². The molecule has 2 aromatic heterocycles. The Balaban J connectivity index is 1.25. The van der Waals surface area contributed by atoms with Gasteiger partial charge in [-0.3, -0.25) is 14.4 Å². The number of hydrogen-bond acceptors (Lipinski definition) is 13. The number of tetrazole rings is 1. The quantitative estimate of drug-likeness (QED) is 0.109. The Bertz CT molecular complexity index is 1290. The molecule has 2 aliphatic heterocycles. The summed E-state index contributed by atoms with van der Waals surface area (Å²) < 4.78 is 1.53. The zero-order valence-electron chi connectivity index (χ0n) is 20.8. The Labute approximate surface area is 235 Å². The van der Waals surface area contributed by atoms with Crippen LogP contribution in [-0.2, 0) is 25.8 Å². The van der Waals surface area contributed by atoms with Crippen molar-refractivity contribution in [3.63, 3.8) is 0 Å². The molecule has 0 aromatic carbocycles. The fourth-order valence-electron chi connectivity index (χ4n) is 4.58.